The molecule has 2 fully saturated rings. The first-order valence-electron chi connectivity index (χ1n) is 6.92. The Bertz CT molecular complexity index is 374. The summed E-state index contributed by atoms with van der Waals surface area (Å²) >= 11 is 0. The first-order chi connectivity index (χ1) is 8.94. The third-order valence-electron chi connectivity index (χ3n) is 4.41. The third-order valence-corrected chi connectivity index (χ3v) is 4.41. The molecular formula is C13H23N3O3. The number of carbonyl (C=O) groups excluding carboxylic acids is 1. The first-order valence-corrected chi connectivity index (χ1v) is 6.92. The summed E-state index contributed by atoms with van der Waals surface area (Å²) in [6, 6.07) is -0.936. The van der Waals surface area contributed by atoms with Crippen LogP contribution in [-0.2, 0) is 9.59 Å². The van der Waals surface area contributed by atoms with Crippen molar-refractivity contribution in [1.82, 2.24) is 9.80 Å². The highest BCUT2D eigenvalue weighted by Crippen LogP contribution is 2.37. The Morgan fingerprint density at radius 2 is 2.11 bits per heavy atom. The van der Waals surface area contributed by atoms with Crippen molar-refractivity contribution in [2.75, 3.05) is 26.7 Å². The van der Waals surface area contributed by atoms with E-state index < -0.39 is 12.0 Å². The van der Waals surface area contributed by atoms with Crippen LogP contribution in [0.4, 0.5) is 0 Å². The van der Waals surface area contributed by atoms with Crippen LogP contribution in [0.2, 0.25) is 0 Å². The molecule has 0 aromatic heterocycles. The molecule has 0 saturated carbocycles. The molecule has 2 aliphatic rings. The Morgan fingerprint density at radius 1 is 1.37 bits per heavy atom. The monoisotopic (exact) mass is 269 g/mol. The van der Waals surface area contributed by atoms with Crippen molar-refractivity contribution < 1.29 is 14.7 Å². The molecule has 108 valence electrons. The van der Waals surface area contributed by atoms with Gasteiger partial charge >= 0.3 is 5.97 Å². The molecule has 1 spiro atoms. The second kappa shape index (κ2) is 5.46. The smallest absolute Gasteiger partial charge is 0.320 e. The van der Waals surface area contributed by atoms with Crippen LogP contribution in [0.5, 0.6) is 0 Å². The maximum atomic E-state index is 12.3. The second-order valence-electron chi connectivity index (χ2n) is 5.84. The lowest BCUT2D eigenvalue weighted by Crippen LogP contribution is -2.49. The molecule has 0 aromatic rings. The van der Waals surface area contributed by atoms with E-state index in [1.807, 2.05) is 4.90 Å². The molecule has 2 atom stereocenters. The molecule has 2 unspecified atom stereocenters. The van der Waals surface area contributed by atoms with Gasteiger partial charge in [0.25, 0.3) is 0 Å². The van der Waals surface area contributed by atoms with Crippen LogP contribution < -0.4 is 5.73 Å². The predicted molar refractivity (Wildman–Crippen MR) is 70.6 cm³/mol. The third kappa shape index (κ3) is 2.90. The first kappa shape index (κ1) is 14.3. The lowest BCUT2D eigenvalue weighted by atomic mass is 9.94. The maximum absolute atomic E-state index is 12.3. The Kier molecular flexibility index (Phi) is 4.10. The summed E-state index contributed by atoms with van der Waals surface area (Å²) in [4.78, 5) is 27.2. The summed E-state index contributed by atoms with van der Waals surface area (Å²) in [6.07, 6.45) is 3.59. The molecule has 2 saturated heterocycles. The van der Waals surface area contributed by atoms with Crippen molar-refractivity contribution in [1.29, 1.82) is 0 Å². The fourth-order valence-electron chi connectivity index (χ4n) is 3.35. The summed E-state index contributed by atoms with van der Waals surface area (Å²) in [5.41, 5.74) is 5.45. The predicted octanol–water partition coefficient (Wildman–Crippen LogP) is -0.125. The highest BCUT2D eigenvalue weighted by atomic mass is 16.4. The van der Waals surface area contributed by atoms with Crippen molar-refractivity contribution in [3.63, 3.8) is 0 Å². The molecule has 2 aliphatic heterocycles. The standard InChI is InChI=1S/C13H23N3O3/c1-15-8-6-13(9-15)5-2-7-16(13)11(17)4-3-10(14)12(18)19/h10H,2-9,14H2,1H3,(H,18,19). The van der Waals surface area contributed by atoms with Gasteiger partial charge in [0.15, 0.2) is 0 Å². The van der Waals surface area contributed by atoms with E-state index in [-0.39, 0.29) is 24.3 Å². The molecular weight excluding hydrogens is 246 g/mol. The van der Waals surface area contributed by atoms with E-state index in [1.165, 1.54) is 0 Å². The molecule has 1 amide bonds. The minimum Gasteiger partial charge on any atom is -0.480 e. The zero-order valence-electron chi connectivity index (χ0n) is 11.5. The average molecular weight is 269 g/mol. The van der Waals surface area contributed by atoms with Crippen molar-refractivity contribution in [3.8, 4) is 0 Å². The van der Waals surface area contributed by atoms with E-state index in [0.717, 1.165) is 38.9 Å². The normalized spacial score (nSPS) is 29.1. The van der Waals surface area contributed by atoms with Gasteiger partial charge in [0, 0.05) is 26.1 Å². The Morgan fingerprint density at radius 3 is 2.68 bits per heavy atom. The van der Waals surface area contributed by atoms with Crippen molar-refractivity contribution in [2.24, 2.45) is 5.73 Å². The Hall–Kier alpha value is -1.14. The highest BCUT2D eigenvalue weighted by molar-refractivity contribution is 5.79. The summed E-state index contributed by atoms with van der Waals surface area (Å²) in [5.74, 6) is -0.978. The zero-order valence-corrected chi connectivity index (χ0v) is 11.5. The molecule has 0 bridgehead atoms. The largest absolute Gasteiger partial charge is 0.480 e. The summed E-state index contributed by atoms with van der Waals surface area (Å²) in [7, 11) is 2.08. The molecule has 19 heavy (non-hydrogen) atoms. The Balaban J connectivity index is 1.93. The number of rotatable bonds is 4. The van der Waals surface area contributed by atoms with E-state index in [4.69, 9.17) is 10.8 Å². The number of carboxylic acid groups (broad SMARTS) is 1. The number of amides is 1. The van der Waals surface area contributed by atoms with Crippen LogP contribution in [0.25, 0.3) is 0 Å². The quantitative estimate of drug-likeness (QED) is 0.742. The number of hydrogen-bond acceptors (Lipinski definition) is 4. The van der Waals surface area contributed by atoms with E-state index in [2.05, 4.69) is 11.9 Å². The highest BCUT2D eigenvalue weighted by Gasteiger charge is 2.46. The number of nitrogens with two attached hydrogens (primary N) is 1. The second-order valence-corrected chi connectivity index (χ2v) is 5.84. The lowest BCUT2D eigenvalue weighted by molar-refractivity contribution is -0.139. The van der Waals surface area contributed by atoms with Gasteiger partial charge in [-0.2, -0.15) is 0 Å². The molecule has 2 heterocycles. The minimum atomic E-state index is -1.04. The van der Waals surface area contributed by atoms with Crippen LogP contribution in [0.3, 0.4) is 0 Å². The fourth-order valence-corrected chi connectivity index (χ4v) is 3.35. The van der Waals surface area contributed by atoms with E-state index >= 15 is 0 Å². The van der Waals surface area contributed by atoms with Gasteiger partial charge in [0.1, 0.15) is 6.04 Å². The van der Waals surface area contributed by atoms with E-state index in [0.29, 0.717) is 0 Å². The van der Waals surface area contributed by atoms with Crippen LogP contribution in [0.1, 0.15) is 32.1 Å². The van der Waals surface area contributed by atoms with Gasteiger partial charge in [-0.15, -0.1) is 0 Å². The topological polar surface area (TPSA) is 86.9 Å². The number of aliphatic carboxylic acids is 1. The van der Waals surface area contributed by atoms with Gasteiger partial charge < -0.3 is 20.6 Å². The van der Waals surface area contributed by atoms with Gasteiger partial charge in [0.2, 0.25) is 5.91 Å². The molecule has 2 rings (SSSR count). The summed E-state index contributed by atoms with van der Waals surface area (Å²) in [5, 5.41) is 8.74. The van der Waals surface area contributed by atoms with Crippen molar-refractivity contribution in [2.45, 2.75) is 43.7 Å². The zero-order chi connectivity index (χ0) is 14.0. The van der Waals surface area contributed by atoms with Gasteiger partial charge in [-0.1, -0.05) is 0 Å². The van der Waals surface area contributed by atoms with E-state index in [1.54, 1.807) is 0 Å². The van der Waals surface area contributed by atoms with Gasteiger partial charge in [-0.25, -0.2) is 0 Å². The van der Waals surface area contributed by atoms with Crippen LogP contribution >= 0.6 is 0 Å². The molecule has 3 N–H and O–H groups in total. The van der Waals surface area contributed by atoms with Crippen molar-refractivity contribution in [3.05, 3.63) is 0 Å². The average Bonchev–Trinajstić information content (AvgIpc) is 2.93. The molecule has 0 aromatic carbocycles. The van der Waals surface area contributed by atoms with Crippen molar-refractivity contribution >= 4 is 11.9 Å². The summed E-state index contributed by atoms with van der Waals surface area (Å²) in [6.45, 7) is 2.76. The number of carboxylic acids is 1. The molecule has 0 radical (unpaired) electrons. The van der Waals surface area contributed by atoms with E-state index in [9.17, 15) is 9.59 Å². The number of carbonyl (C=O) groups is 2. The SMILES string of the molecule is CN1CCC2(CCCN2C(=O)CCC(N)C(=O)O)C1. The number of likely N-dealkylation sites (N-methyl/N-ethyl adjacent to an activating group) is 1. The minimum absolute atomic E-state index is 0.000841. The van der Waals surface area contributed by atoms with Gasteiger partial charge in [-0.3, -0.25) is 9.59 Å². The number of nitrogens with zero attached hydrogens (tertiary/aromatic N) is 2. The molecule has 0 aliphatic carbocycles. The lowest BCUT2D eigenvalue weighted by Gasteiger charge is -2.35. The molecule has 6 nitrogen and oxygen atoms in total. The fraction of sp³-hybridized carbons (Fsp3) is 0.846. The van der Waals surface area contributed by atoms with Gasteiger partial charge in [-0.05, 0) is 32.7 Å². The Labute approximate surface area is 113 Å². The van der Waals surface area contributed by atoms with Gasteiger partial charge in [0.05, 0.1) is 5.54 Å². The number of hydrogen-bond donors (Lipinski definition) is 2. The van der Waals surface area contributed by atoms with Crippen LogP contribution in [0.15, 0.2) is 0 Å². The summed E-state index contributed by atoms with van der Waals surface area (Å²) < 4.78 is 0. The molecule has 6 heteroatoms. The number of likely N-dealkylation sites (tertiary alicyclic amines) is 2. The maximum Gasteiger partial charge on any atom is 0.320 e. The van der Waals surface area contributed by atoms with Crippen LogP contribution in [0, 0.1) is 0 Å². The van der Waals surface area contributed by atoms with Crippen LogP contribution in [-0.4, -0.2) is 65.0 Å².